The van der Waals surface area contributed by atoms with E-state index in [0.717, 1.165) is 76.3 Å². The molecule has 1 amide bonds. The fourth-order valence-corrected chi connectivity index (χ4v) is 5.28. The molecule has 182 valence electrons. The van der Waals surface area contributed by atoms with Gasteiger partial charge >= 0.3 is 0 Å². The van der Waals surface area contributed by atoms with Crippen LogP contribution in [0.5, 0.6) is 11.6 Å². The van der Waals surface area contributed by atoms with Crippen molar-refractivity contribution in [3.63, 3.8) is 0 Å². The second-order valence-electron chi connectivity index (χ2n) is 10.3. The third kappa shape index (κ3) is 4.99. The van der Waals surface area contributed by atoms with Gasteiger partial charge in [-0.1, -0.05) is 26.0 Å². The molecule has 0 radical (unpaired) electrons. The lowest BCUT2D eigenvalue weighted by Crippen LogP contribution is -2.46. The lowest BCUT2D eigenvalue weighted by molar-refractivity contribution is -0.117. The first-order chi connectivity index (χ1) is 16.5. The topological polar surface area (TPSA) is 66.9 Å². The Balaban J connectivity index is 1.04. The van der Waals surface area contributed by atoms with Crippen LogP contribution >= 0.6 is 0 Å². The van der Waals surface area contributed by atoms with Crippen molar-refractivity contribution in [2.75, 3.05) is 56.2 Å². The van der Waals surface area contributed by atoms with Gasteiger partial charge in [0.05, 0.1) is 18.9 Å². The van der Waals surface area contributed by atoms with Gasteiger partial charge in [0.2, 0.25) is 11.8 Å². The van der Waals surface area contributed by atoms with Gasteiger partial charge in [0.1, 0.15) is 11.6 Å². The number of unbranched alkanes of at least 4 members (excludes halogenated alkanes) is 1. The summed E-state index contributed by atoms with van der Waals surface area (Å²) in [6, 6.07) is 10.5. The molecule has 0 bridgehead atoms. The summed E-state index contributed by atoms with van der Waals surface area (Å²) in [7, 11) is 0. The van der Waals surface area contributed by atoms with Crippen molar-refractivity contribution in [2.24, 2.45) is 0 Å². The van der Waals surface area contributed by atoms with Gasteiger partial charge in [0, 0.05) is 49.6 Å². The molecule has 0 saturated carbocycles. The number of rotatable bonds is 7. The Morgan fingerprint density at radius 3 is 2.82 bits per heavy atom. The van der Waals surface area contributed by atoms with Crippen molar-refractivity contribution in [2.45, 2.75) is 51.4 Å². The molecule has 1 saturated heterocycles. The van der Waals surface area contributed by atoms with E-state index < -0.39 is 0 Å². The molecule has 3 aliphatic rings. The van der Waals surface area contributed by atoms with Crippen LogP contribution in [-0.2, 0) is 16.6 Å². The van der Waals surface area contributed by atoms with E-state index in [1.165, 1.54) is 11.3 Å². The smallest absolute Gasteiger partial charge is 0.226 e. The average Bonchev–Trinajstić information content (AvgIpc) is 2.83. The Morgan fingerprint density at radius 1 is 1.12 bits per heavy atom. The number of carbonyl (C=O) groups is 1. The molecule has 5 rings (SSSR count). The molecule has 7 heteroatoms. The van der Waals surface area contributed by atoms with Gasteiger partial charge in [0.25, 0.3) is 0 Å². The number of benzene rings is 1. The van der Waals surface area contributed by atoms with Crippen molar-refractivity contribution >= 4 is 17.4 Å². The lowest BCUT2D eigenvalue weighted by atomic mass is 9.79. The van der Waals surface area contributed by atoms with Crippen molar-refractivity contribution in [1.82, 2.24) is 9.88 Å². The third-order valence-electron chi connectivity index (χ3n) is 7.20. The number of anilines is 2. The number of aryl methyl sites for hydroxylation is 1. The van der Waals surface area contributed by atoms with Gasteiger partial charge in [0.15, 0.2) is 0 Å². The summed E-state index contributed by atoms with van der Waals surface area (Å²) in [6.45, 7) is 10.9. The standard InChI is InChI=1S/C27H36N4O3/c1-27(2)19-23(32)28-26-21(27)10-11-24(29-26)33-17-4-3-12-30-13-15-31(16-14-30)22-9-5-7-20-8-6-18-34-25(20)22/h5,7,9-11H,3-4,6,8,12-19H2,1-2H3,(H,28,29,32). The molecule has 0 spiro atoms. The number of ether oxygens (including phenoxy) is 2. The summed E-state index contributed by atoms with van der Waals surface area (Å²) in [4.78, 5) is 21.5. The molecule has 2 aromatic rings. The molecule has 1 aromatic heterocycles. The third-order valence-corrected chi connectivity index (χ3v) is 7.20. The fraction of sp³-hybridized carbons (Fsp3) is 0.556. The highest BCUT2D eigenvalue weighted by Gasteiger charge is 2.33. The number of aromatic nitrogens is 1. The van der Waals surface area contributed by atoms with E-state index >= 15 is 0 Å². The van der Waals surface area contributed by atoms with Crippen molar-refractivity contribution in [3.05, 3.63) is 41.5 Å². The first kappa shape index (κ1) is 23.0. The summed E-state index contributed by atoms with van der Waals surface area (Å²) in [5.41, 5.74) is 3.49. The van der Waals surface area contributed by atoms with Gasteiger partial charge in [-0.2, -0.15) is 4.98 Å². The van der Waals surface area contributed by atoms with Crippen LogP contribution in [-0.4, -0.2) is 61.7 Å². The van der Waals surface area contributed by atoms with Crippen LogP contribution < -0.4 is 19.7 Å². The zero-order valence-corrected chi connectivity index (χ0v) is 20.4. The number of hydrogen-bond acceptors (Lipinski definition) is 6. The normalized spacial score (nSPS) is 19.6. The van der Waals surface area contributed by atoms with Crippen LogP contribution in [0.2, 0.25) is 0 Å². The minimum Gasteiger partial charge on any atom is -0.491 e. The second kappa shape index (κ2) is 9.82. The minimum absolute atomic E-state index is 0.0157. The molecule has 3 aliphatic heterocycles. The van der Waals surface area contributed by atoms with E-state index in [4.69, 9.17) is 9.47 Å². The van der Waals surface area contributed by atoms with E-state index in [9.17, 15) is 4.79 Å². The van der Waals surface area contributed by atoms with Crippen molar-refractivity contribution in [1.29, 1.82) is 0 Å². The highest BCUT2D eigenvalue weighted by Crippen LogP contribution is 2.37. The minimum atomic E-state index is -0.194. The summed E-state index contributed by atoms with van der Waals surface area (Å²) < 4.78 is 11.9. The summed E-state index contributed by atoms with van der Waals surface area (Å²) in [6.07, 6.45) is 4.80. The number of hydrogen-bond donors (Lipinski definition) is 1. The molecule has 0 unspecified atom stereocenters. The zero-order valence-electron chi connectivity index (χ0n) is 20.4. The molecule has 0 aliphatic carbocycles. The number of fused-ring (bicyclic) bond motifs is 2. The number of para-hydroxylation sites is 1. The van der Waals surface area contributed by atoms with Crippen molar-refractivity contribution in [3.8, 4) is 11.6 Å². The molecular weight excluding hydrogens is 428 g/mol. The summed E-state index contributed by atoms with van der Waals surface area (Å²) >= 11 is 0. The van der Waals surface area contributed by atoms with Crippen LogP contribution in [0, 0.1) is 0 Å². The molecule has 4 heterocycles. The van der Waals surface area contributed by atoms with E-state index in [2.05, 4.69) is 52.1 Å². The predicted octanol–water partition coefficient (Wildman–Crippen LogP) is 4.01. The number of pyridine rings is 1. The molecule has 7 nitrogen and oxygen atoms in total. The number of nitrogens with one attached hydrogen (secondary N) is 1. The molecule has 34 heavy (non-hydrogen) atoms. The van der Waals surface area contributed by atoms with E-state index in [-0.39, 0.29) is 11.3 Å². The van der Waals surface area contributed by atoms with E-state index in [1.807, 2.05) is 12.1 Å². The quantitative estimate of drug-likeness (QED) is 0.625. The Hall–Kier alpha value is -2.80. The molecule has 1 aromatic carbocycles. The predicted molar refractivity (Wildman–Crippen MR) is 134 cm³/mol. The maximum Gasteiger partial charge on any atom is 0.226 e. The second-order valence-corrected chi connectivity index (χ2v) is 10.3. The molecule has 0 atom stereocenters. The van der Waals surface area contributed by atoms with Gasteiger partial charge in [-0.15, -0.1) is 0 Å². The largest absolute Gasteiger partial charge is 0.491 e. The van der Waals surface area contributed by atoms with Gasteiger partial charge in [-0.25, -0.2) is 0 Å². The maximum absolute atomic E-state index is 12.0. The van der Waals surface area contributed by atoms with E-state index in [1.54, 1.807) is 0 Å². The van der Waals surface area contributed by atoms with Crippen LogP contribution in [0.3, 0.4) is 0 Å². The first-order valence-electron chi connectivity index (χ1n) is 12.7. The van der Waals surface area contributed by atoms with Gasteiger partial charge in [-0.05, 0) is 49.9 Å². The van der Waals surface area contributed by atoms with Crippen LogP contribution in [0.4, 0.5) is 11.5 Å². The zero-order chi connectivity index (χ0) is 23.5. The SMILES string of the molecule is CC1(C)CC(=O)Nc2nc(OCCCCN3CCN(c4cccc5c4OCCC5)CC3)ccc21. The summed E-state index contributed by atoms with van der Waals surface area (Å²) in [5.74, 6) is 2.35. The van der Waals surface area contributed by atoms with Crippen LogP contribution in [0.15, 0.2) is 30.3 Å². The van der Waals surface area contributed by atoms with E-state index in [0.29, 0.717) is 24.7 Å². The van der Waals surface area contributed by atoms with Crippen LogP contribution in [0.1, 0.15) is 50.7 Å². The summed E-state index contributed by atoms with van der Waals surface area (Å²) in [5, 5.41) is 2.88. The molecule has 1 N–H and O–H groups in total. The number of nitrogens with zero attached hydrogens (tertiary/aromatic N) is 3. The molecule has 1 fully saturated rings. The Bertz CT molecular complexity index is 1030. The molecular formula is C27H36N4O3. The fourth-order valence-electron chi connectivity index (χ4n) is 5.28. The highest BCUT2D eigenvalue weighted by atomic mass is 16.5. The maximum atomic E-state index is 12.0. The highest BCUT2D eigenvalue weighted by molar-refractivity contribution is 5.94. The number of piperazine rings is 1. The Labute approximate surface area is 202 Å². The number of amides is 1. The van der Waals surface area contributed by atoms with Crippen molar-refractivity contribution < 1.29 is 14.3 Å². The monoisotopic (exact) mass is 464 g/mol. The number of carbonyl (C=O) groups excluding carboxylic acids is 1. The Kier molecular flexibility index (Phi) is 6.63. The first-order valence-corrected chi connectivity index (χ1v) is 12.7. The van der Waals surface area contributed by atoms with Gasteiger partial charge < -0.3 is 19.7 Å². The van der Waals surface area contributed by atoms with Gasteiger partial charge in [-0.3, -0.25) is 9.69 Å². The Morgan fingerprint density at radius 2 is 1.97 bits per heavy atom. The van der Waals surface area contributed by atoms with Crippen LogP contribution in [0.25, 0.3) is 0 Å². The lowest BCUT2D eigenvalue weighted by Gasteiger charge is -2.37. The average molecular weight is 465 g/mol.